The molecule has 1 saturated heterocycles. The van der Waals surface area contributed by atoms with E-state index >= 15 is 0 Å². The van der Waals surface area contributed by atoms with Gasteiger partial charge in [-0.1, -0.05) is 0 Å². The average molecular weight is 311 g/mol. The molecule has 0 aliphatic carbocycles. The summed E-state index contributed by atoms with van der Waals surface area (Å²) < 4.78 is 27.9. The highest BCUT2D eigenvalue weighted by molar-refractivity contribution is 5.80. The van der Waals surface area contributed by atoms with E-state index in [1.165, 1.54) is 24.3 Å². The van der Waals surface area contributed by atoms with Crippen LogP contribution in [0.4, 0.5) is 4.39 Å². The van der Waals surface area contributed by atoms with Crippen LogP contribution in [0.25, 0.3) is 0 Å². The number of halogens is 1. The molecule has 1 aliphatic rings. The van der Waals surface area contributed by atoms with E-state index in [1.807, 2.05) is 0 Å². The molecule has 0 aromatic heterocycles. The Hall–Kier alpha value is -2.15. The number of amides is 1. The van der Waals surface area contributed by atoms with Crippen LogP contribution in [0.15, 0.2) is 24.3 Å². The summed E-state index contributed by atoms with van der Waals surface area (Å²) >= 11 is 0. The van der Waals surface area contributed by atoms with Crippen LogP contribution < -0.4 is 10.1 Å². The van der Waals surface area contributed by atoms with Crippen molar-refractivity contribution in [1.29, 1.82) is 0 Å². The second kappa shape index (κ2) is 8.33. The summed E-state index contributed by atoms with van der Waals surface area (Å²) in [5.74, 6) is -1.10. The normalized spacial score (nSPS) is 17.0. The molecule has 120 valence electrons. The molecule has 1 aromatic rings. The number of ether oxygens (including phenoxy) is 3. The van der Waals surface area contributed by atoms with E-state index in [1.54, 1.807) is 0 Å². The van der Waals surface area contributed by atoms with Crippen LogP contribution in [0.1, 0.15) is 12.8 Å². The van der Waals surface area contributed by atoms with Crippen LogP contribution in [-0.4, -0.2) is 44.3 Å². The molecule has 0 unspecified atom stereocenters. The van der Waals surface area contributed by atoms with Gasteiger partial charge in [0.2, 0.25) is 0 Å². The predicted molar refractivity (Wildman–Crippen MR) is 74.8 cm³/mol. The van der Waals surface area contributed by atoms with Crippen LogP contribution in [0.5, 0.6) is 5.75 Å². The molecule has 6 nitrogen and oxygen atoms in total. The molecule has 1 heterocycles. The van der Waals surface area contributed by atoms with Crippen molar-refractivity contribution in [2.75, 3.05) is 26.4 Å². The van der Waals surface area contributed by atoms with E-state index < -0.39 is 11.8 Å². The SMILES string of the molecule is O=C(COC(=O)COc1ccc(F)cc1)NC[C@H]1CCCO1. The first-order valence-electron chi connectivity index (χ1n) is 7.06. The number of rotatable bonds is 7. The Bertz CT molecular complexity index is 499. The zero-order chi connectivity index (χ0) is 15.8. The lowest BCUT2D eigenvalue weighted by Gasteiger charge is -2.11. The Morgan fingerprint density at radius 2 is 2.05 bits per heavy atom. The standard InChI is InChI=1S/C15H18FNO5/c16-11-3-5-12(6-4-11)21-10-15(19)22-9-14(18)17-8-13-2-1-7-20-13/h3-6,13H,1-2,7-10H2,(H,17,18)/t13-/m1/s1. The maximum atomic E-state index is 12.7. The fourth-order valence-electron chi connectivity index (χ4n) is 1.94. The van der Waals surface area contributed by atoms with Crippen molar-refractivity contribution in [1.82, 2.24) is 5.32 Å². The first-order valence-corrected chi connectivity index (χ1v) is 7.06. The smallest absolute Gasteiger partial charge is 0.344 e. The highest BCUT2D eigenvalue weighted by Crippen LogP contribution is 2.11. The molecule has 1 amide bonds. The van der Waals surface area contributed by atoms with Crippen LogP contribution >= 0.6 is 0 Å². The lowest BCUT2D eigenvalue weighted by molar-refractivity contribution is -0.150. The summed E-state index contributed by atoms with van der Waals surface area (Å²) in [5, 5.41) is 2.64. The minimum absolute atomic E-state index is 0.0430. The number of carbonyl (C=O) groups is 2. The van der Waals surface area contributed by atoms with Gasteiger partial charge >= 0.3 is 5.97 Å². The zero-order valence-corrected chi connectivity index (χ0v) is 12.0. The number of esters is 1. The predicted octanol–water partition coefficient (Wildman–Crippen LogP) is 1.04. The summed E-state index contributed by atoms with van der Waals surface area (Å²) in [6.45, 7) is 0.432. The number of hydrogen-bond acceptors (Lipinski definition) is 5. The summed E-state index contributed by atoms with van der Waals surface area (Å²) in [4.78, 5) is 22.9. The third-order valence-electron chi connectivity index (χ3n) is 3.09. The number of nitrogens with one attached hydrogen (secondary N) is 1. The van der Waals surface area contributed by atoms with E-state index in [0.717, 1.165) is 19.4 Å². The van der Waals surface area contributed by atoms with E-state index in [0.29, 0.717) is 12.3 Å². The molecule has 7 heteroatoms. The van der Waals surface area contributed by atoms with E-state index in [4.69, 9.17) is 14.2 Å². The number of carbonyl (C=O) groups excluding carboxylic acids is 2. The average Bonchev–Trinajstić information content (AvgIpc) is 3.04. The Morgan fingerprint density at radius 1 is 1.27 bits per heavy atom. The van der Waals surface area contributed by atoms with Gasteiger partial charge in [0.1, 0.15) is 11.6 Å². The second-order valence-electron chi connectivity index (χ2n) is 4.84. The fourth-order valence-corrected chi connectivity index (χ4v) is 1.94. The van der Waals surface area contributed by atoms with E-state index in [2.05, 4.69) is 5.32 Å². The molecule has 2 rings (SSSR count). The molecule has 0 radical (unpaired) electrons. The molecule has 1 atom stereocenters. The maximum absolute atomic E-state index is 12.7. The van der Waals surface area contributed by atoms with Gasteiger partial charge in [-0.05, 0) is 37.1 Å². The van der Waals surface area contributed by atoms with Crippen LogP contribution in [0.2, 0.25) is 0 Å². The molecule has 0 bridgehead atoms. The maximum Gasteiger partial charge on any atom is 0.344 e. The third-order valence-corrected chi connectivity index (χ3v) is 3.09. The monoisotopic (exact) mass is 311 g/mol. The van der Waals surface area contributed by atoms with Crippen molar-refractivity contribution in [3.63, 3.8) is 0 Å². The number of hydrogen-bond donors (Lipinski definition) is 1. The van der Waals surface area contributed by atoms with E-state index in [9.17, 15) is 14.0 Å². The second-order valence-corrected chi connectivity index (χ2v) is 4.84. The van der Waals surface area contributed by atoms with Crippen LogP contribution in [0.3, 0.4) is 0 Å². The quantitative estimate of drug-likeness (QED) is 0.762. The summed E-state index contributed by atoms with van der Waals surface area (Å²) in [5.41, 5.74) is 0. The van der Waals surface area contributed by atoms with Crippen molar-refractivity contribution in [2.45, 2.75) is 18.9 Å². The zero-order valence-electron chi connectivity index (χ0n) is 12.0. The lowest BCUT2D eigenvalue weighted by atomic mass is 10.2. The highest BCUT2D eigenvalue weighted by Gasteiger charge is 2.16. The Balaban J connectivity index is 1.58. The van der Waals surface area contributed by atoms with Gasteiger partial charge in [0, 0.05) is 13.2 Å². The van der Waals surface area contributed by atoms with Crippen LogP contribution in [-0.2, 0) is 19.1 Å². The minimum atomic E-state index is -0.670. The molecule has 0 spiro atoms. The molecular formula is C15H18FNO5. The van der Waals surface area contributed by atoms with Gasteiger partial charge < -0.3 is 19.5 Å². The summed E-state index contributed by atoms with van der Waals surface area (Å²) in [7, 11) is 0. The molecule has 1 aliphatic heterocycles. The van der Waals surface area contributed by atoms with Gasteiger partial charge in [-0.3, -0.25) is 4.79 Å². The Morgan fingerprint density at radius 3 is 2.73 bits per heavy atom. The topological polar surface area (TPSA) is 73.9 Å². The van der Waals surface area contributed by atoms with Gasteiger partial charge in [0.15, 0.2) is 13.2 Å². The molecule has 22 heavy (non-hydrogen) atoms. The van der Waals surface area contributed by atoms with Crippen molar-refractivity contribution < 1.29 is 28.2 Å². The highest BCUT2D eigenvalue weighted by atomic mass is 19.1. The van der Waals surface area contributed by atoms with Crippen molar-refractivity contribution in [3.05, 3.63) is 30.1 Å². The molecule has 0 saturated carbocycles. The number of benzene rings is 1. The Kier molecular flexibility index (Phi) is 6.14. The molecule has 1 fully saturated rings. The van der Waals surface area contributed by atoms with Gasteiger partial charge in [0.25, 0.3) is 5.91 Å². The van der Waals surface area contributed by atoms with Gasteiger partial charge in [-0.2, -0.15) is 0 Å². The lowest BCUT2D eigenvalue weighted by Crippen LogP contribution is -2.35. The largest absolute Gasteiger partial charge is 0.482 e. The third kappa shape index (κ3) is 5.69. The Labute approximate surface area is 127 Å². The molecule has 1 aromatic carbocycles. The van der Waals surface area contributed by atoms with Gasteiger partial charge in [-0.25, -0.2) is 9.18 Å². The van der Waals surface area contributed by atoms with Crippen LogP contribution in [0, 0.1) is 5.82 Å². The summed E-state index contributed by atoms with van der Waals surface area (Å²) in [6.07, 6.45) is 1.96. The minimum Gasteiger partial charge on any atom is -0.482 e. The molecular weight excluding hydrogens is 293 g/mol. The summed E-state index contributed by atoms with van der Waals surface area (Å²) in [6, 6.07) is 5.24. The molecule has 1 N–H and O–H groups in total. The van der Waals surface area contributed by atoms with E-state index in [-0.39, 0.29) is 25.2 Å². The van der Waals surface area contributed by atoms with Gasteiger partial charge in [-0.15, -0.1) is 0 Å². The van der Waals surface area contributed by atoms with Gasteiger partial charge in [0.05, 0.1) is 6.10 Å². The van der Waals surface area contributed by atoms with Crippen molar-refractivity contribution in [2.24, 2.45) is 0 Å². The first-order chi connectivity index (χ1) is 10.6. The fraction of sp³-hybridized carbons (Fsp3) is 0.467. The van der Waals surface area contributed by atoms with Crippen molar-refractivity contribution >= 4 is 11.9 Å². The first kappa shape index (κ1) is 16.2. The van der Waals surface area contributed by atoms with Crippen molar-refractivity contribution in [3.8, 4) is 5.75 Å².